The maximum absolute atomic E-state index is 13.5. The van der Waals surface area contributed by atoms with Gasteiger partial charge in [-0.25, -0.2) is 0 Å². The lowest BCUT2D eigenvalue weighted by molar-refractivity contribution is -0.137. The zero-order valence-electron chi connectivity index (χ0n) is 16.8. The molecule has 0 unspecified atom stereocenters. The molecule has 1 heterocycles. The fraction of sp³-hybridized carbons (Fsp3) is 0.261. The van der Waals surface area contributed by atoms with Gasteiger partial charge in [0.05, 0.1) is 6.42 Å². The molecule has 0 aliphatic carbocycles. The lowest BCUT2D eigenvalue weighted by atomic mass is 10.1. The number of benzene rings is 2. The van der Waals surface area contributed by atoms with E-state index in [0.717, 1.165) is 11.1 Å². The number of hydrogen-bond donors (Lipinski definition) is 2. The van der Waals surface area contributed by atoms with Crippen molar-refractivity contribution >= 4 is 17.3 Å². The van der Waals surface area contributed by atoms with Gasteiger partial charge in [0.15, 0.2) is 0 Å². The summed E-state index contributed by atoms with van der Waals surface area (Å²) in [5.41, 5.74) is 2.51. The molecule has 2 N–H and O–H groups in total. The summed E-state index contributed by atoms with van der Waals surface area (Å²) in [7, 11) is 0. The van der Waals surface area contributed by atoms with Gasteiger partial charge in [-0.05, 0) is 35.7 Å². The van der Waals surface area contributed by atoms with Crippen LogP contribution in [0.2, 0.25) is 0 Å². The molecule has 4 nitrogen and oxygen atoms in total. The Labute approximate surface area is 182 Å². The third kappa shape index (κ3) is 6.32. The van der Waals surface area contributed by atoms with Gasteiger partial charge in [-0.15, -0.1) is 11.3 Å². The molecular weight excluding hydrogens is 427 g/mol. The number of carboxylic acid groups (broad SMARTS) is 1. The molecule has 0 atom stereocenters. The van der Waals surface area contributed by atoms with Gasteiger partial charge in [0, 0.05) is 23.5 Å². The molecule has 0 radical (unpaired) electrons. The summed E-state index contributed by atoms with van der Waals surface area (Å²) < 4.78 is 46.4. The minimum atomic E-state index is -4.43. The standard InChI is InChI=1S/C23H22F3NO3S/c1-15-11-16(13-27-10-9-21(28)29)7-8-20(15)30-14-18-12-19(17-5-3-2-4-6-17)22(31-18)23(24,25)26/h2-8,11-12,27H,9-10,13-14H2,1H3,(H,28,29). The van der Waals surface area contributed by atoms with Crippen molar-refractivity contribution in [3.63, 3.8) is 0 Å². The second-order valence-electron chi connectivity index (χ2n) is 7.03. The molecule has 0 saturated heterocycles. The minimum absolute atomic E-state index is 0.0393. The number of ether oxygens (including phenoxy) is 1. The Bertz CT molecular complexity index is 1030. The first-order valence-electron chi connectivity index (χ1n) is 9.64. The molecule has 0 amide bonds. The van der Waals surface area contributed by atoms with Crippen LogP contribution in [0.4, 0.5) is 13.2 Å². The fourth-order valence-corrected chi connectivity index (χ4v) is 4.08. The van der Waals surface area contributed by atoms with Gasteiger partial charge < -0.3 is 15.2 Å². The van der Waals surface area contributed by atoms with E-state index in [-0.39, 0.29) is 18.6 Å². The molecule has 0 aliphatic rings. The van der Waals surface area contributed by atoms with Crippen LogP contribution in [-0.2, 0) is 24.1 Å². The lowest BCUT2D eigenvalue weighted by Crippen LogP contribution is -2.17. The van der Waals surface area contributed by atoms with Crippen LogP contribution in [-0.4, -0.2) is 17.6 Å². The second-order valence-corrected chi connectivity index (χ2v) is 8.17. The number of aryl methyl sites for hydroxylation is 1. The lowest BCUT2D eigenvalue weighted by Gasteiger charge is -2.10. The number of thiophene rings is 1. The molecule has 3 aromatic rings. The zero-order valence-corrected chi connectivity index (χ0v) is 17.6. The minimum Gasteiger partial charge on any atom is -0.488 e. The van der Waals surface area contributed by atoms with Gasteiger partial charge in [0.1, 0.15) is 17.2 Å². The summed E-state index contributed by atoms with van der Waals surface area (Å²) in [4.78, 5) is 10.4. The topological polar surface area (TPSA) is 58.6 Å². The molecule has 164 valence electrons. The molecule has 8 heteroatoms. The van der Waals surface area contributed by atoms with Gasteiger partial charge in [-0.1, -0.05) is 42.5 Å². The highest BCUT2D eigenvalue weighted by Gasteiger charge is 2.36. The van der Waals surface area contributed by atoms with E-state index in [2.05, 4.69) is 5.32 Å². The highest BCUT2D eigenvalue weighted by molar-refractivity contribution is 7.12. The molecule has 0 aliphatic heterocycles. The highest BCUT2D eigenvalue weighted by atomic mass is 32.1. The third-order valence-electron chi connectivity index (χ3n) is 4.58. The quantitative estimate of drug-likeness (QED) is 0.400. The molecule has 0 spiro atoms. The van der Waals surface area contributed by atoms with Gasteiger partial charge in [0.2, 0.25) is 0 Å². The third-order valence-corrected chi connectivity index (χ3v) is 5.73. The highest BCUT2D eigenvalue weighted by Crippen LogP contribution is 2.43. The van der Waals surface area contributed by atoms with Crippen LogP contribution in [0.1, 0.15) is 27.3 Å². The van der Waals surface area contributed by atoms with E-state index < -0.39 is 17.0 Å². The number of carboxylic acids is 1. The van der Waals surface area contributed by atoms with Gasteiger partial charge in [-0.3, -0.25) is 4.79 Å². The predicted octanol–water partition coefficient (Wildman–Crippen LogP) is 5.89. The Morgan fingerprint density at radius 2 is 1.87 bits per heavy atom. The van der Waals surface area contributed by atoms with E-state index >= 15 is 0 Å². The van der Waals surface area contributed by atoms with Crippen LogP contribution in [0.3, 0.4) is 0 Å². The molecule has 0 bridgehead atoms. The SMILES string of the molecule is Cc1cc(CNCCC(=O)O)ccc1OCc1cc(-c2ccccc2)c(C(F)(F)F)s1. The predicted molar refractivity (Wildman–Crippen MR) is 114 cm³/mol. The Hall–Kier alpha value is -2.84. The number of hydrogen-bond acceptors (Lipinski definition) is 4. The summed E-state index contributed by atoms with van der Waals surface area (Å²) in [5, 5.41) is 11.7. The van der Waals surface area contributed by atoms with Crippen molar-refractivity contribution in [3.05, 3.63) is 75.5 Å². The molecular formula is C23H22F3NO3S. The molecule has 3 rings (SSSR count). The second kappa shape index (κ2) is 9.98. The van der Waals surface area contributed by atoms with Crippen LogP contribution < -0.4 is 10.1 Å². The van der Waals surface area contributed by atoms with E-state index in [9.17, 15) is 18.0 Å². The monoisotopic (exact) mass is 449 g/mol. The number of aliphatic carboxylic acids is 1. The van der Waals surface area contributed by atoms with Crippen LogP contribution in [0.5, 0.6) is 5.75 Å². The Balaban J connectivity index is 1.68. The summed E-state index contributed by atoms with van der Waals surface area (Å²) in [6.45, 7) is 2.80. The maximum atomic E-state index is 13.5. The van der Waals surface area contributed by atoms with Gasteiger partial charge >= 0.3 is 12.1 Å². The van der Waals surface area contributed by atoms with Crippen LogP contribution in [0, 0.1) is 6.92 Å². The van der Waals surface area contributed by atoms with Crippen LogP contribution >= 0.6 is 11.3 Å². The summed E-state index contributed by atoms with van der Waals surface area (Å²) in [6, 6.07) is 15.6. The van der Waals surface area contributed by atoms with Gasteiger partial charge in [0.25, 0.3) is 0 Å². The average Bonchev–Trinajstić information content (AvgIpc) is 3.16. The summed E-state index contributed by atoms with van der Waals surface area (Å²) >= 11 is 0.697. The first-order chi connectivity index (χ1) is 14.7. The molecule has 0 fully saturated rings. The molecule has 1 aromatic heterocycles. The largest absolute Gasteiger partial charge is 0.488 e. The van der Waals surface area contributed by atoms with E-state index in [1.54, 1.807) is 42.5 Å². The van der Waals surface area contributed by atoms with E-state index in [4.69, 9.17) is 9.84 Å². The van der Waals surface area contributed by atoms with E-state index in [1.165, 1.54) is 0 Å². The number of carbonyl (C=O) groups is 1. The number of rotatable bonds is 9. The smallest absolute Gasteiger partial charge is 0.426 e. The Kier molecular flexibility index (Phi) is 7.35. The van der Waals surface area contributed by atoms with Crippen LogP contribution in [0.25, 0.3) is 11.1 Å². The normalized spacial score (nSPS) is 11.5. The van der Waals surface area contributed by atoms with Crippen molar-refractivity contribution < 1.29 is 27.8 Å². The first kappa shape index (κ1) is 22.8. The molecule has 2 aromatic carbocycles. The number of halogens is 3. The first-order valence-corrected chi connectivity index (χ1v) is 10.5. The Morgan fingerprint density at radius 3 is 2.52 bits per heavy atom. The fourth-order valence-electron chi connectivity index (χ4n) is 3.12. The average molecular weight is 449 g/mol. The van der Waals surface area contributed by atoms with Crippen molar-refractivity contribution in [2.75, 3.05) is 6.54 Å². The van der Waals surface area contributed by atoms with E-state index in [1.807, 2.05) is 19.1 Å². The van der Waals surface area contributed by atoms with Crippen LogP contribution in [0.15, 0.2) is 54.6 Å². The van der Waals surface area contributed by atoms with Crippen molar-refractivity contribution in [1.82, 2.24) is 5.32 Å². The summed E-state index contributed by atoms with van der Waals surface area (Å²) in [6.07, 6.45) is -4.38. The zero-order chi connectivity index (χ0) is 22.4. The van der Waals surface area contributed by atoms with Crippen molar-refractivity contribution in [2.24, 2.45) is 0 Å². The van der Waals surface area contributed by atoms with Crippen molar-refractivity contribution in [1.29, 1.82) is 0 Å². The van der Waals surface area contributed by atoms with Crippen molar-refractivity contribution in [3.8, 4) is 16.9 Å². The molecule has 31 heavy (non-hydrogen) atoms. The van der Waals surface area contributed by atoms with Gasteiger partial charge in [-0.2, -0.15) is 13.2 Å². The summed E-state index contributed by atoms with van der Waals surface area (Å²) in [5.74, 6) is -0.261. The van der Waals surface area contributed by atoms with E-state index in [0.29, 0.717) is 40.6 Å². The number of nitrogens with one attached hydrogen (secondary N) is 1. The molecule has 0 saturated carbocycles. The number of alkyl halides is 3. The van der Waals surface area contributed by atoms with Crippen molar-refractivity contribution in [2.45, 2.75) is 32.7 Å². The Morgan fingerprint density at radius 1 is 1.13 bits per heavy atom. The maximum Gasteiger partial charge on any atom is 0.426 e.